The van der Waals surface area contributed by atoms with E-state index in [1.54, 1.807) is 32.0 Å². The van der Waals surface area contributed by atoms with E-state index in [1.807, 2.05) is 17.1 Å². The molecular formula is C26H30F2N3O9P. The van der Waals surface area contributed by atoms with E-state index in [0.717, 1.165) is 24.6 Å². The van der Waals surface area contributed by atoms with Crippen LogP contribution >= 0.6 is 7.75 Å². The number of aromatic amines is 1. The number of carbonyl (C=O) groups is 1. The molecule has 15 heteroatoms. The Bertz CT molecular complexity index is 1590. The third-order valence-electron chi connectivity index (χ3n) is 6.27. The summed E-state index contributed by atoms with van der Waals surface area (Å²) in [6.07, 6.45) is -4.21. The van der Waals surface area contributed by atoms with Gasteiger partial charge in [0.2, 0.25) is 0 Å². The molecule has 2 unspecified atom stereocenters. The number of nitrogens with one attached hydrogen (secondary N) is 2. The molecule has 1 aliphatic heterocycles. The summed E-state index contributed by atoms with van der Waals surface area (Å²) in [5, 5.41) is 14.5. The third-order valence-corrected chi connectivity index (χ3v) is 7.90. The molecule has 222 valence electrons. The van der Waals surface area contributed by atoms with E-state index in [4.69, 9.17) is 18.5 Å². The van der Waals surface area contributed by atoms with Gasteiger partial charge in [-0.1, -0.05) is 30.3 Å². The van der Waals surface area contributed by atoms with Gasteiger partial charge in [0.1, 0.15) is 18.4 Å². The molecule has 0 radical (unpaired) electrons. The number of halogens is 2. The fourth-order valence-corrected chi connectivity index (χ4v) is 5.72. The number of aliphatic hydroxyl groups is 1. The van der Waals surface area contributed by atoms with Crippen LogP contribution in [0.3, 0.4) is 0 Å². The summed E-state index contributed by atoms with van der Waals surface area (Å²) in [5.41, 5.74) is -4.82. The number of esters is 1. The third kappa shape index (κ3) is 6.57. The maximum absolute atomic E-state index is 16.0. The van der Waals surface area contributed by atoms with Crippen molar-refractivity contribution in [1.29, 1.82) is 0 Å². The molecule has 1 saturated heterocycles. The van der Waals surface area contributed by atoms with Crippen LogP contribution in [0.5, 0.6) is 5.75 Å². The molecular weight excluding hydrogens is 567 g/mol. The molecule has 41 heavy (non-hydrogen) atoms. The molecule has 2 aromatic carbocycles. The second-order valence-corrected chi connectivity index (χ2v) is 11.7. The van der Waals surface area contributed by atoms with Crippen molar-refractivity contribution in [2.24, 2.45) is 0 Å². The SMILES string of the molecule is CC(C)OC(=O)C(C)NP(=O)(OC[C@@]1(F)O[C@@H](n2ccc(=O)[nH]c2=O)[C@](C)(F)[C@@H]1O)Oc1ccc2ccccc2c1. The number of carbonyl (C=O) groups excluding carboxylic acids is 1. The molecule has 0 bridgehead atoms. The second-order valence-electron chi connectivity index (χ2n) is 10.0. The Morgan fingerprint density at radius 2 is 1.85 bits per heavy atom. The first-order valence-electron chi connectivity index (χ1n) is 12.6. The summed E-state index contributed by atoms with van der Waals surface area (Å²) in [6.45, 7) is 3.96. The van der Waals surface area contributed by atoms with Crippen LogP contribution in [0.4, 0.5) is 8.78 Å². The van der Waals surface area contributed by atoms with Gasteiger partial charge in [0.15, 0.2) is 18.0 Å². The Morgan fingerprint density at radius 3 is 2.51 bits per heavy atom. The summed E-state index contributed by atoms with van der Waals surface area (Å²) < 4.78 is 67.1. The first kappa shape index (κ1) is 30.5. The summed E-state index contributed by atoms with van der Waals surface area (Å²) >= 11 is 0. The predicted octanol–water partition coefficient (Wildman–Crippen LogP) is 3.11. The maximum Gasteiger partial charge on any atom is 0.459 e. The van der Waals surface area contributed by atoms with Crippen LogP contribution in [0.2, 0.25) is 0 Å². The van der Waals surface area contributed by atoms with Crippen LogP contribution in [0.15, 0.2) is 64.3 Å². The van der Waals surface area contributed by atoms with Crippen LogP contribution in [0, 0.1) is 0 Å². The maximum atomic E-state index is 16.0. The standard InChI is InChI=1S/C26H30F2N3O9P/c1-15(2)38-21(33)16(3)30-41(36,40-19-10-9-17-7-5-6-8-18(17)13-19)37-14-26(28)22(34)25(4,27)23(39-26)31-12-11-20(32)29-24(31)35/h5-13,15-16,22-23,34H,14H2,1-4H3,(H,30,36)(H,29,32,35)/t16?,22-,23+,25+,26+,41?/m0/s1. The lowest BCUT2D eigenvalue weighted by molar-refractivity contribution is -0.204. The number of aliphatic hydroxyl groups excluding tert-OH is 1. The predicted molar refractivity (Wildman–Crippen MR) is 143 cm³/mol. The Labute approximate surface area is 232 Å². The summed E-state index contributed by atoms with van der Waals surface area (Å²) in [7, 11) is -4.66. The molecule has 3 N–H and O–H groups in total. The highest BCUT2D eigenvalue weighted by atomic mass is 31.2. The van der Waals surface area contributed by atoms with Crippen molar-refractivity contribution < 1.29 is 41.8 Å². The first-order valence-corrected chi connectivity index (χ1v) is 14.1. The van der Waals surface area contributed by atoms with Crippen LogP contribution < -0.4 is 20.9 Å². The van der Waals surface area contributed by atoms with Crippen LogP contribution in [0.1, 0.15) is 33.9 Å². The van der Waals surface area contributed by atoms with Gasteiger partial charge in [0, 0.05) is 12.3 Å². The molecule has 1 aliphatic rings. The van der Waals surface area contributed by atoms with Crippen LogP contribution in [-0.2, 0) is 23.4 Å². The molecule has 3 aromatic rings. The van der Waals surface area contributed by atoms with Crippen molar-refractivity contribution >= 4 is 24.5 Å². The molecule has 0 amide bonds. The lowest BCUT2D eigenvalue weighted by atomic mass is 9.97. The van der Waals surface area contributed by atoms with Crippen molar-refractivity contribution in [2.75, 3.05) is 6.61 Å². The minimum Gasteiger partial charge on any atom is -0.462 e. The number of rotatable bonds is 10. The number of hydrogen-bond acceptors (Lipinski definition) is 9. The minimum atomic E-state index is -4.66. The summed E-state index contributed by atoms with van der Waals surface area (Å²) in [6, 6.07) is 11.5. The number of benzene rings is 2. The minimum absolute atomic E-state index is 0.0257. The fourth-order valence-electron chi connectivity index (χ4n) is 4.23. The zero-order chi connectivity index (χ0) is 30.2. The molecule has 12 nitrogen and oxygen atoms in total. The molecule has 0 aliphatic carbocycles. The van der Waals surface area contributed by atoms with Crippen molar-refractivity contribution in [3.8, 4) is 5.75 Å². The highest BCUT2D eigenvalue weighted by Gasteiger charge is 2.65. The second kappa shape index (κ2) is 11.5. The topological polar surface area (TPSA) is 158 Å². The lowest BCUT2D eigenvalue weighted by Gasteiger charge is -2.28. The average molecular weight is 598 g/mol. The molecule has 1 fully saturated rings. The molecule has 4 rings (SSSR count). The number of nitrogens with zero attached hydrogens (tertiary/aromatic N) is 1. The van der Waals surface area contributed by atoms with E-state index in [1.165, 1.54) is 19.1 Å². The van der Waals surface area contributed by atoms with Gasteiger partial charge in [0.25, 0.3) is 11.4 Å². The van der Waals surface area contributed by atoms with Gasteiger partial charge in [-0.3, -0.25) is 23.7 Å². The normalized spacial score (nSPS) is 26.5. The molecule has 0 spiro atoms. The van der Waals surface area contributed by atoms with Crippen molar-refractivity contribution in [3.05, 3.63) is 75.6 Å². The van der Waals surface area contributed by atoms with Gasteiger partial charge >= 0.3 is 19.4 Å². The molecule has 2 heterocycles. The monoisotopic (exact) mass is 597 g/mol. The quantitative estimate of drug-likeness (QED) is 0.234. The first-order chi connectivity index (χ1) is 19.1. The zero-order valence-electron chi connectivity index (χ0n) is 22.6. The molecule has 6 atom stereocenters. The van der Waals surface area contributed by atoms with E-state index in [2.05, 4.69) is 5.09 Å². The van der Waals surface area contributed by atoms with Crippen LogP contribution in [-0.4, -0.2) is 57.0 Å². The van der Waals surface area contributed by atoms with E-state index in [-0.39, 0.29) is 5.75 Å². The van der Waals surface area contributed by atoms with Gasteiger partial charge < -0.3 is 19.1 Å². The highest BCUT2D eigenvalue weighted by molar-refractivity contribution is 7.52. The van der Waals surface area contributed by atoms with E-state index < -0.39 is 67.6 Å². The Morgan fingerprint density at radius 1 is 1.17 bits per heavy atom. The average Bonchev–Trinajstić information content (AvgIpc) is 3.07. The van der Waals surface area contributed by atoms with Crippen molar-refractivity contribution in [3.63, 3.8) is 0 Å². The molecule has 0 saturated carbocycles. The fraction of sp³-hybridized carbons (Fsp3) is 0.423. The largest absolute Gasteiger partial charge is 0.462 e. The van der Waals surface area contributed by atoms with E-state index in [0.29, 0.717) is 9.95 Å². The lowest BCUT2D eigenvalue weighted by Crippen LogP contribution is -2.47. The zero-order valence-corrected chi connectivity index (χ0v) is 23.5. The highest BCUT2D eigenvalue weighted by Crippen LogP contribution is 2.51. The van der Waals surface area contributed by atoms with Crippen molar-refractivity contribution in [1.82, 2.24) is 14.6 Å². The Hall–Kier alpha value is -3.42. The number of hydrogen-bond donors (Lipinski definition) is 3. The Balaban J connectivity index is 1.62. The van der Waals surface area contributed by atoms with Gasteiger partial charge in [-0.15, -0.1) is 0 Å². The van der Waals surface area contributed by atoms with Gasteiger partial charge in [0.05, 0.1) is 6.10 Å². The molecule has 1 aromatic heterocycles. The van der Waals surface area contributed by atoms with E-state index >= 15 is 8.78 Å². The van der Waals surface area contributed by atoms with Crippen LogP contribution in [0.25, 0.3) is 10.8 Å². The van der Waals surface area contributed by atoms with E-state index in [9.17, 15) is 24.1 Å². The van der Waals surface area contributed by atoms with Gasteiger partial charge in [-0.25, -0.2) is 18.1 Å². The smallest absolute Gasteiger partial charge is 0.459 e. The summed E-state index contributed by atoms with van der Waals surface area (Å²) in [4.78, 5) is 37.9. The number of H-pyrrole nitrogens is 1. The number of fused-ring (bicyclic) bond motifs is 1. The van der Waals surface area contributed by atoms with Gasteiger partial charge in [-0.2, -0.15) is 5.09 Å². The van der Waals surface area contributed by atoms with Crippen molar-refractivity contribution in [2.45, 2.75) is 63.7 Å². The number of alkyl halides is 2. The Kier molecular flexibility index (Phi) is 8.53. The summed E-state index contributed by atoms with van der Waals surface area (Å²) in [5.74, 6) is -4.14. The van der Waals surface area contributed by atoms with Gasteiger partial charge in [-0.05, 0) is 50.6 Å². The number of ether oxygens (including phenoxy) is 2. The number of aromatic nitrogens is 2.